The monoisotopic (exact) mass is 417 g/mol. The molecule has 2 N–H and O–H groups in total. The summed E-state index contributed by atoms with van der Waals surface area (Å²) >= 11 is 13.6. The van der Waals surface area contributed by atoms with Gasteiger partial charge in [-0.2, -0.15) is 0 Å². The fourth-order valence-corrected chi connectivity index (χ4v) is 4.11. The maximum absolute atomic E-state index is 8.00. The van der Waals surface area contributed by atoms with Crippen LogP contribution in [-0.4, -0.2) is 27.5 Å². The third-order valence-electron chi connectivity index (χ3n) is 3.82. The van der Waals surface area contributed by atoms with Gasteiger partial charge in [-0.3, -0.25) is 5.41 Å². The predicted molar refractivity (Wildman–Crippen MR) is 111 cm³/mol. The van der Waals surface area contributed by atoms with E-state index in [0.717, 1.165) is 21.1 Å². The lowest BCUT2D eigenvalue weighted by atomic mass is 10.2. The number of benzene rings is 2. The van der Waals surface area contributed by atoms with E-state index in [-0.39, 0.29) is 5.90 Å². The van der Waals surface area contributed by atoms with Crippen LogP contribution in [-0.2, 0) is 4.74 Å². The number of nitrogens with one attached hydrogen (secondary N) is 2. The zero-order valence-electron chi connectivity index (χ0n) is 14.1. The Hall–Kier alpha value is -2.48. The molecular formula is C18H13Cl2N5OS. The first kappa shape index (κ1) is 17.9. The molecule has 4 rings (SSSR count). The third-order valence-corrected chi connectivity index (χ3v) is 5.46. The molecule has 0 aliphatic rings. The SMILES string of the molecule is CCOC(=N)c1nc2ccc3ncnc(Nc4ccc(Cl)cc4Cl)c3c2s1. The lowest BCUT2D eigenvalue weighted by Crippen LogP contribution is -2.03. The summed E-state index contributed by atoms with van der Waals surface area (Å²) in [5.41, 5.74) is 2.21. The summed E-state index contributed by atoms with van der Waals surface area (Å²) in [4.78, 5) is 13.2. The predicted octanol–water partition coefficient (Wildman–Crippen LogP) is 5.65. The molecule has 6 nitrogen and oxygen atoms in total. The summed E-state index contributed by atoms with van der Waals surface area (Å²) in [6.07, 6.45) is 1.49. The number of hydrogen-bond donors (Lipinski definition) is 2. The first-order chi connectivity index (χ1) is 13.1. The van der Waals surface area contributed by atoms with Gasteiger partial charge >= 0.3 is 0 Å². The summed E-state index contributed by atoms with van der Waals surface area (Å²) in [5, 5.41) is 13.6. The zero-order valence-corrected chi connectivity index (χ0v) is 16.4. The number of ether oxygens (including phenoxy) is 1. The lowest BCUT2D eigenvalue weighted by Gasteiger charge is -2.10. The Balaban J connectivity index is 1.87. The molecule has 2 aromatic heterocycles. The van der Waals surface area contributed by atoms with Gasteiger partial charge in [0.15, 0.2) is 5.01 Å². The quantitative estimate of drug-likeness (QED) is 0.330. The number of thiazole rings is 1. The van der Waals surface area contributed by atoms with E-state index in [4.69, 9.17) is 33.3 Å². The normalized spacial score (nSPS) is 11.1. The molecule has 0 unspecified atom stereocenters. The molecule has 0 bridgehead atoms. The summed E-state index contributed by atoms with van der Waals surface area (Å²) in [7, 11) is 0. The van der Waals surface area contributed by atoms with Gasteiger partial charge in [0.05, 0.1) is 38.4 Å². The molecule has 0 radical (unpaired) electrons. The zero-order chi connectivity index (χ0) is 19.0. The number of rotatable bonds is 4. The van der Waals surface area contributed by atoms with E-state index in [0.29, 0.717) is 33.2 Å². The number of halogens is 2. The number of hydrogen-bond acceptors (Lipinski definition) is 7. The minimum atomic E-state index is 0.0546. The van der Waals surface area contributed by atoms with Crippen LogP contribution >= 0.6 is 34.5 Å². The summed E-state index contributed by atoms with van der Waals surface area (Å²) in [6, 6.07) is 8.97. The van der Waals surface area contributed by atoms with Crippen LogP contribution in [0.5, 0.6) is 0 Å². The van der Waals surface area contributed by atoms with E-state index in [2.05, 4.69) is 20.3 Å². The first-order valence-electron chi connectivity index (χ1n) is 8.05. The molecule has 0 spiro atoms. The van der Waals surface area contributed by atoms with Crippen LogP contribution in [0.2, 0.25) is 10.0 Å². The lowest BCUT2D eigenvalue weighted by molar-refractivity contribution is 0.325. The van der Waals surface area contributed by atoms with Crippen LogP contribution < -0.4 is 5.32 Å². The van der Waals surface area contributed by atoms with Crippen LogP contribution in [0.3, 0.4) is 0 Å². The molecule has 0 aliphatic heterocycles. The molecule has 0 saturated heterocycles. The second-order valence-electron chi connectivity index (χ2n) is 5.56. The van der Waals surface area contributed by atoms with Crippen LogP contribution in [0.1, 0.15) is 11.9 Å². The standard InChI is InChI=1S/C18H13Cl2N5OS/c1-2-26-16(21)18-25-13-6-5-12-14(15(13)27-18)17(23-8-22-12)24-11-4-3-9(19)7-10(11)20/h3-8,21H,2H2,1H3,(H,22,23,24). The van der Waals surface area contributed by atoms with Crippen molar-refractivity contribution in [3.05, 3.63) is 51.7 Å². The highest BCUT2D eigenvalue weighted by molar-refractivity contribution is 7.21. The Bertz CT molecular complexity index is 1180. The highest BCUT2D eigenvalue weighted by Gasteiger charge is 2.16. The molecule has 0 amide bonds. The van der Waals surface area contributed by atoms with Gasteiger partial charge in [-0.1, -0.05) is 23.2 Å². The van der Waals surface area contributed by atoms with Crippen molar-refractivity contribution >= 4 is 73.1 Å². The summed E-state index contributed by atoms with van der Waals surface area (Å²) in [6.45, 7) is 2.25. The molecule has 136 valence electrons. The van der Waals surface area contributed by atoms with Crippen molar-refractivity contribution in [1.82, 2.24) is 15.0 Å². The minimum absolute atomic E-state index is 0.0546. The maximum Gasteiger partial charge on any atom is 0.243 e. The Morgan fingerprint density at radius 3 is 2.78 bits per heavy atom. The van der Waals surface area contributed by atoms with Crippen molar-refractivity contribution in [2.45, 2.75) is 6.92 Å². The fraction of sp³-hybridized carbons (Fsp3) is 0.111. The minimum Gasteiger partial charge on any atom is -0.476 e. The molecule has 27 heavy (non-hydrogen) atoms. The molecule has 0 saturated carbocycles. The summed E-state index contributed by atoms with van der Waals surface area (Å²) in [5.74, 6) is 0.659. The van der Waals surface area contributed by atoms with E-state index < -0.39 is 0 Å². The van der Waals surface area contributed by atoms with Crippen molar-refractivity contribution < 1.29 is 4.74 Å². The van der Waals surface area contributed by atoms with Gasteiger partial charge in [0.2, 0.25) is 5.90 Å². The van der Waals surface area contributed by atoms with Crippen molar-refractivity contribution in [3.63, 3.8) is 0 Å². The first-order valence-corrected chi connectivity index (χ1v) is 9.62. The molecular weight excluding hydrogens is 405 g/mol. The number of aromatic nitrogens is 3. The van der Waals surface area contributed by atoms with Crippen molar-refractivity contribution in [1.29, 1.82) is 5.41 Å². The molecule has 2 heterocycles. The van der Waals surface area contributed by atoms with E-state index in [1.165, 1.54) is 17.7 Å². The topological polar surface area (TPSA) is 83.8 Å². The number of anilines is 2. The molecule has 0 fully saturated rings. The van der Waals surface area contributed by atoms with Gasteiger partial charge in [0.1, 0.15) is 12.1 Å². The average molecular weight is 418 g/mol. The third kappa shape index (κ3) is 3.41. The van der Waals surface area contributed by atoms with Crippen molar-refractivity contribution in [3.8, 4) is 0 Å². The highest BCUT2D eigenvalue weighted by atomic mass is 35.5. The smallest absolute Gasteiger partial charge is 0.243 e. The average Bonchev–Trinajstić information content (AvgIpc) is 3.09. The highest BCUT2D eigenvalue weighted by Crippen LogP contribution is 2.36. The molecule has 4 aromatic rings. The van der Waals surface area contributed by atoms with Crippen LogP contribution in [0.4, 0.5) is 11.5 Å². The molecule has 2 aromatic carbocycles. The summed E-state index contributed by atoms with van der Waals surface area (Å²) < 4.78 is 6.15. The van der Waals surface area contributed by atoms with Gasteiger partial charge in [0.25, 0.3) is 0 Å². The van der Waals surface area contributed by atoms with Gasteiger partial charge in [-0.15, -0.1) is 11.3 Å². The molecule has 0 aliphatic carbocycles. The molecule has 9 heteroatoms. The van der Waals surface area contributed by atoms with Gasteiger partial charge in [-0.25, -0.2) is 15.0 Å². The Morgan fingerprint density at radius 2 is 2.00 bits per heavy atom. The fourth-order valence-electron chi connectivity index (χ4n) is 2.65. The van der Waals surface area contributed by atoms with E-state index in [9.17, 15) is 0 Å². The van der Waals surface area contributed by atoms with Crippen LogP contribution in [0.15, 0.2) is 36.7 Å². The van der Waals surface area contributed by atoms with Crippen molar-refractivity contribution in [2.75, 3.05) is 11.9 Å². The Labute approximate surface area is 168 Å². The number of nitrogens with zero attached hydrogens (tertiary/aromatic N) is 3. The van der Waals surface area contributed by atoms with E-state index in [1.54, 1.807) is 18.2 Å². The van der Waals surface area contributed by atoms with Gasteiger partial charge in [0, 0.05) is 5.02 Å². The van der Waals surface area contributed by atoms with Crippen LogP contribution in [0, 0.1) is 5.41 Å². The van der Waals surface area contributed by atoms with Gasteiger partial charge in [-0.05, 0) is 37.3 Å². The number of fused-ring (bicyclic) bond motifs is 3. The van der Waals surface area contributed by atoms with E-state index >= 15 is 0 Å². The van der Waals surface area contributed by atoms with Gasteiger partial charge < -0.3 is 10.1 Å². The second kappa shape index (κ2) is 7.26. The Morgan fingerprint density at radius 1 is 1.19 bits per heavy atom. The second-order valence-corrected chi connectivity index (χ2v) is 7.40. The Kier molecular flexibility index (Phi) is 4.82. The maximum atomic E-state index is 8.00. The van der Waals surface area contributed by atoms with Crippen molar-refractivity contribution in [2.24, 2.45) is 0 Å². The van der Waals surface area contributed by atoms with E-state index in [1.807, 2.05) is 19.1 Å². The largest absolute Gasteiger partial charge is 0.476 e. The molecule has 0 atom stereocenters. The van der Waals surface area contributed by atoms with Crippen LogP contribution in [0.25, 0.3) is 21.1 Å².